The van der Waals surface area contributed by atoms with Gasteiger partial charge in [0.05, 0.1) is 5.56 Å². The number of hydrogen-bond acceptors (Lipinski definition) is 0. The van der Waals surface area contributed by atoms with E-state index in [1.54, 1.807) is 0 Å². The number of benzene rings is 1. The van der Waals surface area contributed by atoms with Gasteiger partial charge in [0.15, 0.2) is 0 Å². The molecule has 0 nitrogen and oxygen atoms in total. The third kappa shape index (κ3) is 4.03. The van der Waals surface area contributed by atoms with E-state index in [2.05, 4.69) is 0 Å². The number of halogens is 7. The zero-order chi connectivity index (χ0) is 11.9. The normalized spacial score (nSPS) is 12.2. The maximum absolute atomic E-state index is 12.6. The van der Waals surface area contributed by atoms with Crippen LogP contribution in [-0.2, 0) is 6.18 Å². The van der Waals surface area contributed by atoms with E-state index in [1.807, 2.05) is 0 Å². The van der Waals surface area contributed by atoms with E-state index in [4.69, 9.17) is 0 Å². The standard InChI is InChI=1S/C7H3BF7.K/c9-6-2-1-4(8(13,14)15)3-5(6)7(10,11)12;/h1-3H;/q-1;+1. The number of hydrogen-bond donors (Lipinski definition) is 0. The largest absolute Gasteiger partial charge is 1.00 e. The molecule has 0 unspecified atom stereocenters. The molecule has 0 heterocycles. The van der Waals surface area contributed by atoms with Crippen LogP contribution in [0.2, 0.25) is 0 Å². The van der Waals surface area contributed by atoms with Gasteiger partial charge in [0, 0.05) is 0 Å². The molecule has 0 saturated carbocycles. The molecule has 1 aromatic rings. The molecule has 0 radical (unpaired) electrons. The molecule has 0 spiro atoms. The minimum Gasteiger partial charge on any atom is -0.445 e. The Labute approximate surface area is 129 Å². The van der Waals surface area contributed by atoms with E-state index in [0.717, 1.165) is 0 Å². The maximum Gasteiger partial charge on any atom is 1.00 e. The zero-order valence-electron chi connectivity index (χ0n) is 7.96. The summed E-state index contributed by atoms with van der Waals surface area (Å²) in [5.74, 6) is -1.72. The van der Waals surface area contributed by atoms with E-state index >= 15 is 0 Å². The van der Waals surface area contributed by atoms with E-state index in [-0.39, 0.29) is 69.6 Å². The molecular formula is C7H3BF7K. The van der Waals surface area contributed by atoms with Crippen LogP contribution in [0.15, 0.2) is 18.2 Å². The van der Waals surface area contributed by atoms with Gasteiger partial charge < -0.3 is 12.9 Å². The van der Waals surface area contributed by atoms with Crippen LogP contribution in [-0.4, -0.2) is 6.98 Å². The third-order valence-corrected chi connectivity index (χ3v) is 1.67. The smallest absolute Gasteiger partial charge is 0.445 e. The second-order valence-corrected chi connectivity index (χ2v) is 2.81. The monoisotopic (exact) mass is 270 g/mol. The van der Waals surface area contributed by atoms with E-state index < -0.39 is 30.0 Å². The summed E-state index contributed by atoms with van der Waals surface area (Å²) in [7, 11) is 0. The minimum atomic E-state index is -5.56. The molecular weight excluding hydrogens is 267 g/mol. The van der Waals surface area contributed by atoms with Crippen LogP contribution in [0.25, 0.3) is 0 Å². The molecule has 9 heteroatoms. The Hall–Kier alpha value is 0.431. The van der Waals surface area contributed by atoms with Crippen molar-refractivity contribution < 1.29 is 81.9 Å². The molecule has 1 rings (SSSR count). The first-order valence-corrected chi connectivity index (χ1v) is 3.69. The molecule has 0 fully saturated rings. The van der Waals surface area contributed by atoms with Crippen LogP contribution < -0.4 is 56.8 Å². The summed E-state index contributed by atoms with van der Waals surface area (Å²) in [6.45, 7) is -5.56. The summed E-state index contributed by atoms with van der Waals surface area (Å²) in [5, 5.41) is 0. The average Bonchev–Trinajstić information content (AvgIpc) is 2.00. The van der Waals surface area contributed by atoms with Crippen LogP contribution in [0.4, 0.5) is 30.5 Å². The predicted octanol–water partition coefficient (Wildman–Crippen LogP) is -0.0971. The second kappa shape index (κ2) is 5.38. The Bertz CT molecular complexity index is 370. The zero-order valence-corrected chi connectivity index (χ0v) is 11.1. The van der Waals surface area contributed by atoms with Crippen molar-refractivity contribution >= 4 is 12.4 Å². The van der Waals surface area contributed by atoms with Crippen molar-refractivity contribution in [2.75, 3.05) is 0 Å². The van der Waals surface area contributed by atoms with Crippen molar-refractivity contribution in [2.24, 2.45) is 0 Å². The van der Waals surface area contributed by atoms with Gasteiger partial charge in [-0.3, -0.25) is 0 Å². The molecule has 16 heavy (non-hydrogen) atoms. The van der Waals surface area contributed by atoms with Crippen LogP contribution in [0.1, 0.15) is 5.56 Å². The maximum atomic E-state index is 12.6. The van der Waals surface area contributed by atoms with Gasteiger partial charge in [-0.15, -0.1) is 5.46 Å². The molecule has 0 aromatic heterocycles. The van der Waals surface area contributed by atoms with Crippen molar-refractivity contribution in [3.05, 3.63) is 29.6 Å². The van der Waals surface area contributed by atoms with Gasteiger partial charge in [0.1, 0.15) is 5.82 Å². The van der Waals surface area contributed by atoms with Crippen molar-refractivity contribution in [3.63, 3.8) is 0 Å². The topological polar surface area (TPSA) is 0 Å². The summed E-state index contributed by atoms with van der Waals surface area (Å²) in [6.07, 6.45) is -5.12. The molecule has 0 amide bonds. The summed E-state index contributed by atoms with van der Waals surface area (Å²) in [5.41, 5.74) is -3.37. The molecule has 0 aliphatic rings. The SMILES string of the molecule is Fc1ccc([B-](F)(F)F)cc1C(F)(F)F.[K+]. The van der Waals surface area contributed by atoms with Crippen LogP contribution >= 0.6 is 0 Å². The van der Waals surface area contributed by atoms with Crippen molar-refractivity contribution in [1.29, 1.82) is 0 Å². The Morgan fingerprint density at radius 3 is 1.88 bits per heavy atom. The molecule has 0 saturated heterocycles. The van der Waals surface area contributed by atoms with Crippen LogP contribution in [0, 0.1) is 5.82 Å². The summed E-state index contributed by atoms with van der Waals surface area (Å²) in [4.78, 5) is 0. The van der Waals surface area contributed by atoms with Gasteiger partial charge in [-0.05, 0) is 6.07 Å². The molecule has 0 aliphatic carbocycles. The van der Waals surface area contributed by atoms with Crippen molar-refractivity contribution in [1.82, 2.24) is 0 Å². The van der Waals surface area contributed by atoms with Gasteiger partial charge in [-0.1, -0.05) is 12.1 Å². The number of rotatable bonds is 1. The van der Waals surface area contributed by atoms with Crippen molar-refractivity contribution in [3.8, 4) is 0 Å². The first-order chi connectivity index (χ1) is 6.62. The van der Waals surface area contributed by atoms with E-state index in [0.29, 0.717) is 0 Å². The average molecular weight is 270 g/mol. The van der Waals surface area contributed by atoms with Crippen LogP contribution in [0.5, 0.6) is 0 Å². The van der Waals surface area contributed by atoms with Crippen LogP contribution in [0.3, 0.4) is 0 Å². The number of alkyl halides is 3. The summed E-state index contributed by atoms with van der Waals surface area (Å²) >= 11 is 0. The summed E-state index contributed by atoms with van der Waals surface area (Å²) < 4.78 is 84.8. The van der Waals surface area contributed by atoms with Crippen molar-refractivity contribution in [2.45, 2.75) is 6.18 Å². The first kappa shape index (κ1) is 16.4. The Kier molecular flexibility index (Phi) is 5.53. The second-order valence-electron chi connectivity index (χ2n) is 2.81. The molecule has 0 bridgehead atoms. The Balaban J connectivity index is 0.00000225. The van der Waals surface area contributed by atoms with Gasteiger partial charge in [0.2, 0.25) is 0 Å². The van der Waals surface area contributed by atoms with E-state index in [9.17, 15) is 30.5 Å². The fourth-order valence-corrected chi connectivity index (χ4v) is 0.964. The first-order valence-electron chi connectivity index (χ1n) is 3.69. The Morgan fingerprint density at radius 2 is 1.50 bits per heavy atom. The Morgan fingerprint density at radius 1 is 1.00 bits per heavy atom. The molecule has 84 valence electrons. The van der Waals surface area contributed by atoms with Gasteiger partial charge >= 0.3 is 64.5 Å². The third-order valence-electron chi connectivity index (χ3n) is 1.67. The van der Waals surface area contributed by atoms with Gasteiger partial charge in [-0.25, -0.2) is 4.39 Å². The fourth-order valence-electron chi connectivity index (χ4n) is 0.964. The van der Waals surface area contributed by atoms with Gasteiger partial charge in [0.25, 0.3) is 0 Å². The predicted molar refractivity (Wildman–Crippen MR) is 40.1 cm³/mol. The minimum absolute atomic E-state index is 0. The summed E-state index contributed by atoms with van der Waals surface area (Å²) in [6, 6.07) is 0.216. The quantitative estimate of drug-likeness (QED) is 0.494. The molecule has 1 aromatic carbocycles. The fraction of sp³-hybridized carbons (Fsp3) is 0.143. The molecule has 0 atom stereocenters. The molecule has 0 aliphatic heterocycles. The van der Waals surface area contributed by atoms with E-state index in [1.165, 1.54) is 0 Å². The molecule has 0 N–H and O–H groups in total. The van der Waals surface area contributed by atoms with Gasteiger partial charge in [-0.2, -0.15) is 13.2 Å².